The van der Waals surface area contributed by atoms with Gasteiger partial charge in [0.15, 0.2) is 16.9 Å². The molecule has 10 heteroatoms. The largest absolute Gasteiger partial charge is 0.507 e. The first kappa shape index (κ1) is 23.5. The third kappa shape index (κ3) is 4.28. The number of fused-ring (bicyclic) bond motifs is 1. The van der Waals surface area contributed by atoms with E-state index in [-0.39, 0.29) is 28.5 Å². The van der Waals surface area contributed by atoms with Crippen LogP contribution >= 0.6 is 0 Å². The average molecular weight is 467 g/mol. The third-order valence-corrected chi connectivity index (χ3v) is 6.14. The molecule has 1 aliphatic rings. The van der Waals surface area contributed by atoms with Crippen molar-refractivity contribution in [1.82, 2.24) is 18.7 Å². The number of carbonyl (C=O) groups excluding carboxylic acids is 1. The van der Waals surface area contributed by atoms with Crippen molar-refractivity contribution in [2.45, 2.75) is 45.8 Å². The fraction of sp³-hybridized carbons (Fsp3) is 0.417. The molecule has 180 valence electrons. The van der Waals surface area contributed by atoms with E-state index < -0.39 is 23.6 Å². The summed E-state index contributed by atoms with van der Waals surface area (Å²) in [7, 11) is 1.54. The number of benzene rings is 1. The minimum absolute atomic E-state index is 0.00196. The number of aromatic nitrogens is 4. The van der Waals surface area contributed by atoms with Crippen LogP contribution in [-0.2, 0) is 20.1 Å². The van der Waals surface area contributed by atoms with Crippen LogP contribution in [0.1, 0.15) is 37.0 Å². The van der Waals surface area contributed by atoms with E-state index >= 15 is 0 Å². The van der Waals surface area contributed by atoms with E-state index in [1.54, 1.807) is 16.7 Å². The summed E-state index contributed by atoms with van der Waals surface area (Å²) in [4.78, 5) is 46.3. The number of anilines is 1. The van der Waals surface area contributed by atoms with Gasteiger partial charge in [0, 0.05) is 32.7 Å². The fourth-order valence-electron chi connectivity index (χ4n) is 4.32. The topological polar surface area (TPSA) is 128 Å². The molecule has 1 aromatic carbocycles. The maximum atomic E-state index is 13.6. The van der Waals surface area contributed by atoms with Gasteiger partial charge in [-0.25, -0.2) is 4.79 Å². The molecule has 3 aromatic rings. The summed E-state index contributed by atoms with van der Waals surface area (Å²) in [6.07, 6.45) is 3.81. The Hall–Kier alpha value is -3.66. The number of phenolic OH excluding ortho intramolecular Hbond substituents is 1. The molecule has 3 heterocycles. The molecule has 2 aromatic heterocycles. The Labute approximate surface area is 196 Å². The molecular weight excluding hydrogens is 436 g/mol. The van der Waals surface area contributed by atoms with Crippen molar-refractivity contribution in [2.75, 3.05) is 18.0 Å². The lowest BCUT2D eigenvalue weighted by Crippen LogP contribution is -2.44. The molecule has 4 rings (SSSR count). The van der Waals surface area contributed by atoms with E-state index in [0.29, 0.717) is 19.0 Å². The van der Waals surface area contributed by atoms with E-state index in [1.165, 1.54) is 23.7 Å². The highest BCUT2D eigenvalue weighted by molar-refractivity contribution is 5.98. The molecule has 34 heavy (non-hydrogen) atoms. The number of imidazole rings is 1. The zero-order valence-corrected chi connectivity index (χ0v) is 19.7. The first-order valence-corrected chi connectivity index (χ1v) is 11.3. The molecule has 0 saturated carbocycles. The molecule has 1 unspecified atom stereocenters. The van der Waals surface area contributed by atoms with Gasteiger partial charge in [0.1, 0.15) is 5.75 Å². The molecule has 1 atom stereocenters. The van der Waals surface area contributed by atoms with Gasteiger partial charge in [-0.1, -0.05) is 23.8 Å². The number of phenols is 1. The number of aromatic hydroxyl groups is 1. The number of rotatable bonds is 6. The van der Waals surface area contributed by atoms with Gasteiger partial charge >= 0.3 is 5.69 Å². The van der Waals surface area contributed by atoms with Gasteiger partial charge in [-0.3, -0.25) is 18.7 Å². The van der Waals surface area contributed by atoms with Crippen LogP contribution in [0.5, 0.6) is 5.75 Å². The van der Waals surface area contributed by atoms with Gasteiger partial charge in [0.05, 0.1) is 12.1 Å². The number of hydrogen-bond acceptors (Lipinski definition) is 7. The van der Waals surface area contributed by atoms with Crippen molar-refractivity contribution in [3.05, 3.63) is 62.3 Å². The number of allylic oxidation sites excluding steroid dienone is 2. The van der Waals surface area contributed by atoms with E-state index in [9.17, 15) is 19.5 Å². The second-order valence-corrected chi connectivity index (χ2v) is 9.00. The molecule has 1 aliphatic heterocycles. The zero-order chi connectivity index (χ0) is 24.6. The van der Waals surface area contributed by atoms with Crippen LogP contribution in [0.2, 0.25) is 0 Å². The SMILES string of the molecule is CC(C)=CCn1c(N2CCCC(N)C2)nc2c1c(=O)n(CC(=O)c1ccccc1O)c(=O)n2C. The van der Waals surface area contributed by atoms with E-state index in [2.05, 4.69) is 4.90 Å². The van der Waals surface area contributed by atoms with Gasteiger partial charge in [-0.15, -0.1) is 0 Å². The number of nitrogens with zero attached hydrogens (tertiary/aromatic N) is 5. The molecule has 0 aliphatic carbocycles. The number of aryl methyl sites for hydroxylation is 1. The molecule has 0 amide bonds. The summed E-state index contributed by atoms with van der Waals surface area (Å²) in [6, 6.07) is 6.06. The van der Waals surface area contributed by atoms with Crippen molar-refractivity contribution in [1.29, 1.82) is 0 Å². The molecule has 1 saturated heterocycles. The average Bonchev–Trinajstić information content (AvgIpc) is 3.19. The van der Waals surface area contributed by atoms with Crippen LogP contribution in [0, 0.1) is 0 Å². The zero-order valence-electron chi connectivity index (χ0n) is 19.7. The van der Waals surface area contributed by atoms with Crippen LogP contribution in [0.25, 0.3) is 11.2 Å². The van der Waals surface area contributed by atoms with Crippen LogP contribution in [-0.4, -0.2) is 48.7 Å². The van der Waals surface area contributed by atoms with Crippen LogP contribution in [0.4, 0.5) is 5.95 Å². The van der Waals surface area contributed by atoms with E-state index in [4.69, 9.17) is 10.7 Å². The summed E-state index contributed by atoms with van der Waals surface area (Å²) in [6.45, 7) is 5.19. The fourth-order valence-corrected chi connectivity index (χ4v) is 4.32. The van der Waals surface area contributed by atoms with Gasteiger partial charge in [-0.2, -0.15) is 4.98 Å². The summed E-state index contributed by atoms with van der Waals surface area (Å²) in [5.74, 6) is -0.149. The van der Waals surface area contributed by atoms with Crippen molar-refractivity contribution < 1.29 is 9.90 Å². The Morgan fingerprint density at radius 2 is 1.97 bits per heavy atom. The number of piperidine rings is 1. The molecule has 0 spiro atoms. The Bertz CT molecular complexity index is 1390. The number of hydrogen-bond donors (Lipinski definition) is 2. The van der Waals surface area contributed by atoms with Crippen LogP contribution in [0.15, 0.2) is 45.5 Å². The molecule has 10 nitrogen and oxygen atoms in total. The van der Waals surface area contributed by atoms with E-state index in [0.717, 1.165) is 29.5 Å². The molecule has 0 radical (unpaired) electrons. The normalized spacial score (nSPS) is 16.1. The maximum Gasteiger partial charge on any atom is 0.332 e. The minimum atomic E-state index is -0.643. The molecule has 0 bridgehead atoms. The second-order valence-electron chi connectivity index (χ2n) is 9.00. The first-order valence-electron chi connectivity index (χ1n) is 11.3. The highest BCUT2D eigenvalue weighted by atomic mass is 16.3. The lowest BCUT2D eigenvalue weighted by molar-refractivity contribution is 0.0966. The highest BCUT2D eigenvalue weighted by Crippen LogP contribution is 2.23. The number of nitrogens with two attached hydrogens (primary N) is 1. The van der Waals surface area contributed by atoms with Gasteiger partial charge in [0.25, 0.3) is 5.56 Å². The summed E-state index contributed by atoms with van der Waals surface area (Å²) >= 11 is 0. The maximum absolute atomic E-state index is 13.6. The van der Waals surface area contributed by atoms with Crippen LogP contribution in [0.3, 0.4) is 0 Å². The van der Waals surface area contributed by atoms with Crippen molar-refractivity contribution in [2.24, 2.45) is 12.8 Å². The predicted octanol–water partition coefficient (Wildman–Crippen LogP) is 1.38. The first-order chi connectivity index (χ1) is 16.2. The lowest BCUT2D eigenvalue weighted by Gasteiger charge is -2.31. The monoisotopic (exact) mass is 466 g/mol. The van der Waals surface area contributed by atoms with Gasteiger partial charge < -0.3 is 20.3 Å². The molecule has 1 fully saturated rings. The van der Waals surface area contributed by atoms with Gasteiger partial charge in [-0.05, 0) is 38.8 Å². The number of carbonyl (C=O) groups is 1. The highest BCUT2D eigenvalue weighted by Gasteiger charge is 2.26. The van der Waals surface area contributed by atoms with Crippen molar-refractivity contribution in [3.63, 3.8) is 0 Å². The van der Waals surface area contributed by atoms with Crippen molar-refractivity contribution in [3.8, 4) is 5.75 Å². The van der Waals surface area contributed by atoms with E-state index in [1.807, 2.05) is 19.9 Å². The number of Topliss-reactive ketones (excluding diaryl/α,β-unsaturated/α-hetero) is 1. The second kappa shape index (κ2) is 9.30. The predicted molar refractivity (Wildman–Crippen MR) is 131 cm³/mol. The standard InChI is InChI=1S/C24H30N6O4/c1-15(2)10-12-29-20-21(26-23(29)28-11-6-7-16(25)13-28)27(3)24(34)30(22(20)33)14-19(32)17-8-4-5-9-18(17)31/h4-5,8-10,16,31H,6-7,11-14,25H2,1-3H3. The number of para-hydroxylation sites is 1. The van der Waals surface area contributed by atoms with Crippen molar-refractivity contribution >= 4 is 22.9 Å². The Kier molecular flexibility index (Phi) is 6.43. The summed E-state index contributed by atoms with van der Waals surface area (Å²) in [5, 5.41) is 10.0. The minimum Gasteiger partial charge on any atom is -0.507 e. The molecule has 3 N–H and O–H groups in total. The van der Waals surface area contributed by atoms with Crippen LogP contribution < -0.4 is 21.9 Å². The summed E-state index contributed by atoms with van der Waals surface area (Å²) in [5.41, 5.74) is 6.59. The Morgan fingerprint density at radius 1 is 1.24 bits per heavy atom. The lowest BCUT2D eigenvalue weighted by atomic mass is 10.1. The Balaban J connectivity index is 1.89. The Morgan fingerprint density at radius 3 is 2.65 bits per heavy atom. The molecular formula is C24H30N6O4. The third-order valence-electron chi connectivity index (χ3n) is 6.14. The van der Waals surface area contributed by atoms with Gasteiger partial charge in [0.2, 0.25) is 5.95 Å². The summed E-state index contributed by atoms with van der Waals surface area (Å²) < 4.78 is 3.99. The number of ketones is 1. The smallest absolute Gasteiger partial charge is 0.332 e. The quantitative estimate of drug-likeness (QED) is 0.415.